The van der Waals surface area contributed by atoms with E-state index in [4.69, 9.17) is 4.74 Å². The molecule has 1 atom stereocenters. The van der Waals surface area contributed by atoms with Crippen LogP contribution in [0.2, 0.25) is 0 Å². The summed E-state index contributed by atoms with van der Waals surface area (Å²) in [6.07, 6.45) is 0. The van der Waals surface area contributed by atoms with Crippen molar-refractivity contribution in [1.82, 2.24) is 0 Å². The van der Waals surface area contributed by atoms with Gasteiger partial charge in [0, 0.05) is 16.5 Å². The molecule has 1 rings (SSSR count). The summed E-state index contributed by atoms with van der Waals surface area (Å²) in [5.74, 6) is 0.881. The summed E-state index contributed by atoms with van der Waals surface area (Å²) < 4.78 is 5.62. The molecule has 88 valence electrons. The number of alkyl halides is 2. The molecule has 2 nitrogen and oxygen atoms in total. The van der Waals surface area contributed by atoms with Crippen LogP contribution >= 0.6 is 31.9 Å². The van der Waals surface area contributed by atoms with Crippen LogP contribution in [-0.2, 0) is 10.1 Å². The molecule has 0 heterocycles. The maximum Gasteiger partial charge on any atom is 0.147 e. The van der Waals surface area contributed by atoms with Crippen molar-refractivity contribution in [2.45, 2.75) is 24.0 Å². The fourth-order valence-electron chi connectivity index (χ4n) is 1.45. The molecule has 1 unspecified atom stereocenters. The number of hydrogen-bond acceptors (Lipinski definition) is 2. The Kier molecular flexibility index (Phi) is 5.49. The second-order valence-electron chi connectivity index (χ2n) is 3.38. The maximum atomic E-state index is 11.4. The Balaban J connectivity index is 3.20. The summed E-state index contributed by atoms with van der Waals surface area (Å²) in [4.78, 5) is 11.1. The van der Waals surface area contributed by atoms with Crippen LogP contribution in [0.5, 0.6) is 5.75 Å². The Labute approximate surface area is 113 Å². The average molecular weight is 350 g/mol. The summed E-state index contributed by atoms with van der Waals surface area (Å²) >= 11 is 6.81. The number of ether oxygens (including phenoxy) is 1. The number of rotatable bonds is 5. The van der Waals surface area contributed by atoms with E-state index in [9.17, 15) is 4.79 Å². The van der Waals surface area contributed by atoms with Crippen LogP contribution < -0.4 is 4.74 Å². The van der Waals surface area contributed by atoms with Crippen molar-refractivity contribution >= 4 is 37.6 Å². The van der Waals surface area contributed by atoms with Crippen LogP contribution in [0.15, 0.2) is 18.2 Å². The van der Waals surface area contributed by atoms with E-state index in [1.54, 1.807) is 6.92 Å². The highest BCUT2D eigenvalue weighted by molar-refractivity contribution is 9.09. The van der Waals surface area contributed by atoms with Crippen LogP contribution in [0.1, 0.15) is 29.8 Å². The van der Waals surface area contributed by atoms with Gasteiger partial charge in [-0.15, -0.1) is 0 Å². The quantitative estimate of drug-likeness (QED) is 0.751. The van der Waals surface area contributed by atoms with Crippen LogP contribution in [0.4, 0.5) is 0 Å². The molecule has 0 amide bonds. The normalized spacial score (nSPS) is 12.2. The van der Waals surface area contributed by atoms with Gasteiger partial charge in [-0.3, -0.25) is 4.79 Å². The second kappa shape index (κ2) is 6.40. The predicted molar refractivity (Wildman–Crippen MR) is 72.6 cm³/mol. The highest BCUT2D eigenvalue weighted by Gasteiger charge is 2.19. The third-order valence-corrected chi connectivity index (χ3v) is 3.93. The van der Waals surface area contributed by atoms with Crippen molar-refractivity contribution < 1.29 is 9.53 Å². The lowest BCUT2D eigenvalue weighted by Gasteiger charge is -2.16. The Morgan fingerprint density at radius 1 is 1.50 bits per heavy atom. The first-order chi connectivity index (χ1) is 7.61. The van der Waals surface area contributed by atoms with Gasteiger partial charge in [-0.2, -0.15) is 0 Å². The fourth-order valence-corrected chi connectivity index (χ4v) is 2.25. The van der Waals surface area contributed by atoms with Crippen LogP contribution in [0.3, 0.4) is 0 Å². The Hall–Kier alpha value is -0.350. The molecule has 0 N–H and O–H groups in total. The number of para-hydroxylation sites is 1. The molecule has 4 heteroatoms. The van der Waals surface area contributed by atoms with Crippen LogP contribution in [0, 0.1) is 0 Å². The van der Waals surface area contributed by atoms with Crippen molar-refractivity contribution in [2.75, 3.05) is 6.61 Å². The molecule has 0 saturated carbocycles. The van der Waals surface area contributed by atoms with E-state index in [1.165, 1.54) is 0 Å². The highest BCUT2D eigenvalue weighted by atomic mass is 79.9. The highest BCUT2D eigenvalue weighted by Crippen LogP contribution is 2.35. The van der Waals surface area contributed by atoms with Gasteiger partial charge in [0.2, 0.25) is 0 Å². The topological polar surface area (TPSA) is 26.3 Å². The van der Waals surface area contributed by atoms with Gasteiger partial charge in [-0.1, -0.05) is 50.1 Å². The van der Waals surface area contributed by atoms with E-state index in [0.29, 0.717) is 11.9 Å². The minimum Gasteiger partial charge on any atom is -0.493 e. The third kappa shape index (κ3) is 3.08. The van der Waals surface area contributed by atoms with E-state index in [1.807, 2.05) is 25.1 Å². The molecule has 0 radical (unpaired) electrons. The summed E-state index contributed by atoms with van der Waals surface area (Å²) in [7, 11) is 0. The molecule has 1 aromatic rings. The van der Waals surface area contributed by atoms with Gasteiger partial charge in [-0.05, 0) is 13.8 Å². The number of carbonyl (C=O) groups excluding carboxylic acids is 1. The summed E-state index contributed by atoms with van der Waals surface area (Å²) in [6, 6.07) is 5.84. The SMILES string of the molecule is CCOc1c(CBr)cccc1C(Br)C(C)=O. The minimum absolute atomic E-state index is 0.0766. The zero-order chi connectivity index (χ0) is 12.1. The molecule has 1 aromatic carbocycles. The second-order valence-corrected chi connectivity index (χ2v) is 4.85. The molecular weight excluding hydrogens is 336 g/mol. The van der Waals surface area contributed by atoms with E-state index in [-0.39, 0.29) is 10.6 Å². The average Bonchev–Trinajstić information content (AvgIpc) is 2.28. The van der Waals surface area contributed by atoms with Crippen molar-refractivity contribution in [3.63, 3.8) is 0 Å². The lowest BCUT2D eigenvalue weighted by Crippen LogP contribution is -2.06. The molecule has 0 aliphatic carbocycles. The van der Waals surface area contributed by atoms with Crippen molar-refractivity contribution in [2.24, 2.45) is 0 Å². The van der Waals surface area contributed by atoms with Gasteiger partial charge < -0.3 is 4.74 Å². The number of Topliss-reactive ketones (excluding diaryl/α,β-unsaturated/α-hetero) is 1. The number of hydrogen-bond donors (Lipinski definition) is 0. The first-order valence-electron chi connectivity index (χ1n) is 5.06. The largest absolute Gasteiger partial charge is 0.493 e. The number of halogens is 2. The van der Waals surface area contributed by atoms with E-state index >= 15 is 0 Å². The Morgan fingerprint density at radius 3 is 2.69 bits per heavy atom. The van der Waals surface area contributed by atoms with E-state index < -0.39 is 0 Å². The van der Waals surface area contributed by atoms with Gasteiger partial charge in [0.05, 0.1) is 6.61 Å². The zero-order valence-corrected chi connectivity index (χ0v) is 12.5. The number of benzene rings is 1. The van der Waals surface area contributed by atoms with Crippen LogP contribution in [0.25, 0.3) is 0 Å². The van der Waals surface area contributed by atoms with Gasteiger partial charge >= 0.3 is 0 Å². The third-order valence-electron chi connectivity index (χ3n) is 2.19. The smallest absolute Gasteiger partial charge is 0.147 e. The molecule has 16 heavy (non-hydrogen) atoms. The standard InChI is InChI=1S/C12H14Br2O2/c1-3-16-12-9(7-13)5-4-6-10(12)11(14)8(2)15/h4-6,11H,3,7H2,1-2H3. The van der Waals surface area contributed by atoms with Crippen molar-refractivity contribution in [3.8, 4) is 5.75 Å². The number of ketones is 1. The summed E-state index contributed by atoms with van der Waals surface area (Å²) in [5.41, 5.74) is 1.95. The van der Waals surface area contributed by atoms with Gasteiger partial charge in [0.1, 0.15) is 16.4 Å². The first kappa shape index (κ1) is 13.7. The van der Waals surface area contributed by atoms with Gasteiger partial charge in [0.15, 0.2) is 0 Å². The monoisotopic (exact) mass is 348 g/mol. The summed E-state index contributed by atoms with van der Waals surface area (Å²) in [5, 5.41) is 0.716. The summed E-state index contributed by atoms with van der Waals surface area (Å²) in [6.45, 7) is 4.09. The van der Waals surface area contributed by atoms with Crippen molar-refractivity contribution in [1.29, 1.82) is 0 Å². The van der Waals surface area contributed by atoms with Crippen molar-refractivity contribution in [3.05, 3.63) is 29.3 Å². The lowest BCUT2D eigenvalue weighted by atomic mass is 10.0. The minimum atomic E-state index is -0.298. The molecule has 0 aliphatic heterocycles. The van der Waals surface area contributed by atoms with Gasteiger partial charge in [-0.25, -0.2) is 0 Å². The van der Waals surface area contributed by atoms with E-state index in [0.717, 1.165) is 16.9 Å². The van der Waals surface area contributed by atoms with Gasteiger partial charge in [0.25, 0.3) is 0 Å². The maximum absolute atomic E-state index is 11.4. The van der Waals surface area contributed by atoms with Crippen LogP contribution in [-0.4, -0.2) is 12.4 Å². The molecule has 0 fully saturated rings. The Bertz CT molecular complexity index is 377. The Morgan fingerprint density at radius 2 is 2.19 bits per heavy atom. The molecule has 0 aliphatic rings. The fraction of sp³-hybridized carbons (Fsp3) is 0.417. The lowest BCUT2D eigenvalue weighted by molar-refractivity contribution is -0.116. The predicted octanol–water partition coefficient (Wildman–Crippen LogP) is 4.01. The molecule has 0 aromatic heterocycles. The number of carbonyl (C=O) groups is 1. The molecular formula is C12H14Br2O2. The molecule has 0 saturated heterocycles. The first-order valence-corrected chi connectivity index (χ1v) is 7.10. The zero-order valence-electron chi connectivity index (χ0n) is 9.30. The molecule has 0 bridgehead atoms. The van der Waals surface area contributed by atoms with E-state index in [2.05, 4.69) is 31.9 Å². The molecule has 0 spiro atoms.